The average Bonchev–Trinajstić information content (AvgIpc) is 3.46. The molecule has 3 amide bonds. The molecule has 0 unspecified atom stereocenters. The van der Waals surface area contributed by atoms with E-state index in [0.717, 1.165) is 46.2 Å². The molecule has 0 bridgehead atoms. The van der Waals surface area contributed by atoms with Gasteiger partial charge in [0.25, 0.3) is 0 Å². The average molecular weight is 650 g/mol. The standard InChI is InChI=1S/C29H26F3N3O7S2/c1-40-18-7-6-15(12-19(18)41-2)21-22-23(26(38)35(25(22)37)17-5-3-4-16(13-17)29(30,31)32)43-27-24(21)44-28(39)34(27)14-20(36)33-8-10-42-11-9-33/h3-7,12-13,21-23H,8-11,14H2,1-2H3/t21-,22+,23-/m0/s1. The highest BCUT2D eigenvalue weighted by Gasteiger charge is 2.57. The number of ether oxygens (including phenoxy) is 3. The number of morpholine rings is 1. The summed E-state index contributed by atoms with van der Waals surface area (Å²) in [5.74, 6) is -2.79. The molecule has 15 heteroatoms. The molecule has 232 valence electrons. The lowest BCUT2D eigenvalue weighted by molar-refractivity contribution is -0.138. The van der Waals surface area contributed by atoms with Crippen LogP contribution in [0.5, 0.6) is 11.5 Å². The quantitative estimate of drug-likeness (QED) is 0.373. The van der Waals surface area contributed by atoms with Crippen LogP contribution < -0.4 is 19.2 Å². The van der Waals surface area contributed by atoms with Crippen molar-refractivity contribution in [3.05, 3.63) is 68.1 Å². The molecule has 0 N–H and O–H groups in total. The van der Waals surface area contributed by atoms with Crippen LogP contribution in [0.2, 0.25) is 0 Å². The Hall–Kier alpha value is -3.82. The van der Waals surface area contributed by atoms with Gasteiger partial charge in [-0.05, 0) is 35.9 Å². The van der Waals surface area contributed by atoms with Gasteiger partial charge in [-0.3, -0.25) is 23.7 Å². The number of hydrogen-bond donors (Lipinski definition) is 0. The molecule has 44 heavy (non-hydrogen) atoms. The fourth-order valence-electron chi connectivity index (χ4n) is 5.78. The molecule has 2 saturated heterocycles. The Morgan fingerprint density at radius 3 is 2.41 bits per heavy atom. The Bertz CT molecular complexity index is 1700. The second kappa shape index (κ2) is 11.6. The van der Waals surface area contributed by atoms with Gasteiger partial charge in [-0.1, -0.05) is 35.2 Å². The van der Waals surface area contributed by atoms with E-state index in [9.17, 15) is 32.3 Å². The number of halogens is 3. The Balaban J connectivity index is 1.46. The number of imide groups is 1. The number of aromatic nitrogens is 1. The predicted octanol–water partition coefficient (Wildman–Crippen LogP) is 3.60. The van der Waals surface area contributed by atoms with E-state index in [1.807, 2.05) is 0 Å². The summed E-state index contributed by atoms with van der Waals surface area (Å²) in [5.41, 5.74) is -0.651. The fraction of sp³-hybridized carbons (Fsp3) is 0.379. The summed E-state index contributed by atoms with van der Waals surface area (Å²) in [7, 11) is 2.91. The van der Waals surface area contributed by atoms with Gasteiger partial charge in [0.2, 0.25) is 17.7 Å². The molecule has 3 aliphatic rings. The first-order valence-corrected chi connectivity index (χ1v) is 15.3. The number of hydrogen-bond acceptors (Lipinski definition) is 9. The van der Waals surface area contributed by atoms with Crippen LogP contribution in [0, 0.1) is 5.92 Å². The minimum atomic E-state index is -4.68. The summed E-state index contributed by atoms with van der Waals surface area (Å²) in [6.07, 6.45) is -4.68. The molecule has 0 aliphatic carbocycles. The second-order valence-electron chi connectivity index (χ2n) is 10.3. The second-order valence-corrected chi connectivity index (χ2v) is 12.5. The molecular weight excluding hydrogens is 623 g/mol. The Morgan fingerprint density at radius 1 is 1.00 bits per heavy atom. The highest BCUT2D eigenvalue weighted by molar-refractivity contribution is 8.00. The Morgan fingerprint density at radius 2 is 1.73 bits per heavy atom. The highest BCUT2D eigenvalue weighted by atomic mass is 32.2. The maximum atomic E-state index is 14.1. The zero-order valence-corrected chi connectivity index (χ0v) is 25.1. The van der Waals surface area contributed by atoms with Crippen LogP contribution in [0.4, 0.5) is 18.9 Å². The number of thioether (sulfide) groups is 1. The molecule has 2 fully saturated rings. The first-order valence-electron chi connectivity index (χ1n) is 13.6. The minimum absolute atomic E-state index is 0.195. The van der Waals surface area contributed by atoms with Gasteiger partial charge >= 0.3 is 11.0 Å². The SMILES string of the molecule is COc1ccc([C@@H]2c3sc(=O)n(CC(=O)N4CCOCC4)c3S[C@@H]3C(=O)N(c4cccc(C(F)(F)F)c4)C(=O)[C@H]23)cc1OC. The largest absolute Gasteiger partial charge is 0.493 e. The molecule has 10 nitrogen and oxygen atoms in total. The Labute approximate surface area is 257 Å². The van der Waals surface area contributed by atoms with Crippen LogP contribution in [0.1, 0.15) is 21.9 Å². The first-order chi connectivity index (χ1) is 21.0. The van der Waals surface area contributed by atoms with Crippen molar-refractivity contribution in [3.63, 3.8) is 0 Å². The summed E-state index contributed by atoms with van der Waals surface area (Å²) >= 11 is 1.86. The van der Waals surface area contributed by atoms with Crippen LogP contribution in [0.25, 0.3) is 0 Å². The van der Waals surface area contributed by atoms with E-state index >= 15 is 0 Å². The zero-order chi connectivity index (χ0) is 31.3. The van der Waals surface area contributed by atoms with Gasteiger partial charge in [-0.25, -0.2) is 4.90 Å². The summed E-state index contributed by atoms with van der Waals surface area (Å²) in [4.78, 5) is 56.9. The van der Waals surface area contributed by atoms with Gasteiger partial charge in [0.05, 0.1) is 49.6 Å². The van der Waals surface area contributed by atoms with E-state index in [1.165, 1.54) is 24.9 Å². The molecule has 0 radical (unpaired) electrons. The van der Waals surface area contributed by atoms with E-state index < -0.39 is 45.5 Å². The van der Waals surface area contributed by atoms with Crippen molar-refractivity contribution in [2.75, 3.05) is 45.4 Å². The van der Waals surface area contributed by atoms with Gasteiger partial charge in [0.15, 0.2) is 11.5 Å². The molecule has 3 atom stereocenters. The summed E-state index contributed by atoms with van der Waals surface area (Å²) in [5, 5.41) is -0.698. The van der Waals surface area contributed by atoms with E-state index in [2.05, 4.69) is 0 Å². The lowest BCUT2D eigenvalue weighted by Crippen LogP contribution is -2.43. The normalized spacial score (nSPS) is 21.7. The number of nitrogens with zero attached hydrogens (tertiary/aromatic N) is 3. The maximum absolute atomic E-state index is 14.1. The summed E-state index contributed by atoms with van der Waals surface area (Å²) < 4.78 is 58.1. The molecule has 3 aromatic rings. The highest BCUT2D eigenvalue weighted by Crippen LogP contribution is 2.54. The number of fused-ring (bicyclic) bond motifs is 2. The van der Waals surface area contributed by atoms with E-state index in [-0.39, 0.29) is 18.1 Å². The van der Waals surface area contributed by atoms with E-state index in [1.54, 1.807) is 23.1 Å². The Kier molecular flexibility index (Phi) is 7.96. The van der Waals surface area contributed by atoms with E-state index in [0.29, 0.717) is 53.3 Å². The smallest absolute Gasteiger partial charge is 0.416 e. The van der Waals surface area contributed by atoms with Crippen molar-refractivity contribution < 1.29 is 41.8 Å². The van der Waals surface area contributed by atoms with Gasteiger partial charge in [0.1, 0.15) is 11.8 Å². The van der Waals surface area contributed by atoms with Crippen molar-refractivity contribution in [1.29, 1.82) is 0 Å². The number of thiazole rings is 1. The summed E-state index contributed by atoms with van der Waals surface area (Å²) in [6, 6.07) is 9.05. The first kappa shape index (κ1) is 30.2. The maximum Gasteiger partial charge on any atom is 0.416 e. The van der Waals surface area contributed by atoms with Crippen molar-refractivity contribution in [3.8, 4) is 11.5 Å². The van der Waals surface area contributed by atoms with Crippen LogP contribution >= 0.6 is 23.1 Å². The number of carbonyl (C=O) groups is 3. The molecule has 3 aliphatic heterocycles. The van der Waals surface area contributed by atoms with Gasteiger partial charge in [-0.2, -0.15) is 13.2 Å². The number of amides is 3. The van der Waals surface area contributed by atoms with Crippen LogP contribution in [0.3, 0.4) is 0 Å². The lowest BCUT2D eigenvalue weighted by atomic mass is 9.83. The van der Waals surface area contributed by atoms with Crippen LogP contribution in [0.15, 0.2) is 52.3 Å². The third kappa shape index (κ3) is 5.16. The number of alkyl halides is 3. The van der Waals surface area contributed by atoms with Gasteiger partial charge in [0, 0.05) is 23.9 Å². The third-order valence-electron chi connectivity index (χ3n) is 7.90. The molecule has 0 saturated carbocycles. The molecule has 0 spiro atoms. The minimum Gasteiger partial charge on any atom is -0.493 e. The van der Waals surface area contributed by atoms with E-state index in [4.69, 9.17) is 14.2 Å². The summed E-state index contributed by atoms with van der Waals surface area (Å²) in [6.45, 7) is 1.25. The van der Waals surface area contributed by atoms with Crippen molar-refractivity contribution in [2.24, 2.45) is 5.92 Å². The molecular formula is C29H26F3N3O7S2. The number of methoxy groups -OCH3 is 2. The number of rotatable bonds is 6. The predicted molar refractivity (Wildman–Crippen MR) is 154 cm³/mol. The number of anilines is 1. The fourth-order valence-corrected chi connectivity index (χ4v) is 8.56. The van der Waals surface area contributed by atoms with Crippen LogP contribution in [-0.4, -0.2) is 73.0 Å². The van der Waals surface area contributed by atoms with Gasteiger partial charge in [-0.15, -0.1) is 0 Å². The third-order valence-corrected chi connectivity index (χ3v) is 10.5. The van der Waals surface area contributed by atoms with Crippen LogP contribution in [-0.2, 0) is 31.8 Å². The van der Waals surface area contributed by atoms with Gasteiger partial charge < -0.3 is 19.1 Å². The van der Waals surface area contributed by atoms with Crippen molar-refractivity contribution in [2.45, 2.75) is 28.9 Å². The monoisotopic (exact) mass is 649 g/mol. The van der Waals surface area contributed by atoms with Crippen molar-refractivity contribution in [1.82, 2.24) is 9.47 Å². The lowest BCUT2D eigenvalue weighted by Gasteiger charge is -2.31. The molecule has 4 heterocycles. The topological polar surface area (TPSA) is 107 Å². The molecule has 1 aromatic heterocycles. The number of carbonyl (C=O) groups excluding carboxylic acids is 3. The molecule has 2 aromatic carbocycles. The zero-order valence-electron chi connectivity index (χ0n) is 23.5. The number of benzene rings is 2. The molecule has 6 rings (SSSR count). The van der Waals surface area contributed by atoms with Crippen molar-refractivity contribution >= 4 is 46.5 Å².